The Balaban J connectivity index is 1.80. The number of pyridine rings is 1. The number of rotatable bonds is 4. The van der Waals surface area contributed by atoms with Crippen LogP contribution in [-0.2, 0) is 0 Å². The van der Waals surface area contributed by atoms with Crippen LogP contribution >= 0.6 is 11.6 Å². The highest BCUT2D eigenvalue weighted by atomic mass is 35.5. The molecule has 0 aliphatic rings. The number of benzene rings is 2. The Bertz CT molecular complexity index is 1020. The highest BCUT2D eigenvalue weighted by Gasteiger charge is 2.12. The van der Waals surface area contributed by atoms with Crippen LogP contribution in [0.5, 0.6) is 0 Å². The molecule has 6 heteroatoms. The molecule has 0 fully saturated rings. The van der Waals surface area contributed by atoms with Gasteiger partial charge in [0, 0.05) is 22.0 Å². The van der Waals surface area contributed by atoms with Crippen LogP contribution in [0.25, 0.3) is 11.3 Å². The predicted octanol–water partition coefficient (Wildman–Crippen LogP) is 4.15. The molecule has 0 saturated heterocycles. The lowest BCUT2D eigenvalue weighted by molar-refractivity contribution is 0.101. The summed E-state index contributed by atoms with van der Waals surface area (Å²) < 4.78 is 0. The zero-order valence-corrected chi connectivity index (χ0v) is 14.6. The SMILES string of the molecule is CC(=O)c1ccc(NC(=O)c2ccc(-c3ccc(Cl)cc3)[nH]c2=O)cc1. The van der Waals surface area contributed by atoms with Crippen molar-refractivity contribution in [3.63, 3.8) is 0 Å². The highest BCUT2D eigenvalue weighted by molar-refractivity contribution is 6.30. The van der Waals surface area contributed by atoms with E-state index >= 15 is 0 Å². The summed E-state index contributed by atoms with van der Waals surface area (Å²) in [5.74, 6) is -0.582. The van der Waals surface area contributed by atoms with E-state index in [4.69, 9.17) is 11.6 Å². The van der Waals surface area contributed by atoms with Crippen molar-refractivity contribution in [1.29, 1.82) is 0 Å². The molecule has 2 aromatic carbocycles. The first-order chi connectivity index (χ1) is 12.4. The van der Waals surface area contributed by atoms with E-state index in [2.05, 4.69) is 10.3 Å². The maximum Gasteiger partial charge on any atom is 0.261 e. The van der Waals surface area contributed by atoms with E-state index in [1.807, 2.05) is 0 Å². The number of Topliss-reactive ketones (excluding diaryl/α,β-unsaturated/α-hetero) is 1. The van der Waals surface area contributed by atoms with Gasteiger partial charge in [-0.1, -0.05) is 23.7 Å². The molecule has 0 aliphatic carbocycles. The van der Waals surface area contributed by atoms with Crippen molar-refractivity contribution in [3.05, 3.63) is 87.2 Å². The van der Waals surface area contributed by atoms with Gasteiger partial charge in [0.15, 0.2) is 5.78 Å². The third-order valence-electron chi connectivity index (χ3n) is 3.86. The lowest BCUT2D eigenvalue weighted by Gasteiger charge is -2.07. The number of hydrogen-bond donors (Lipinski definition) is 2. The monoisotopic (exact) mass is 366 g/mol. The molecule has 26 heavy (non-hydrogen) atoms. The average Bonchev–Trinajstić information content (AvgIpc) is 2.62. The zero-order chi connectivity index (χ0) is 18.7. The Hall–Kier alpha value is -3.18. The van der Waals surface area contributed by atoms with Crippen LogP contribution in [0.2, 0.25) is 5.02 Å². The van der Waals surface area contributed by atoms with E-state index in [0.29, 0.717) is 22.0 Å². The number of nitrogens with one attached hydrogen (secondary N) is 2. The number of halogens is 1. The van der Waals surface area contributed by atoms with Gasteiger partial charge in [-0.15, -0.1) is 0 Å². The van der Waals surface area contributed by atoms with Gasteiger partial charge < -0.3 is 10.3 Å². The van der Waals surface area contributed by atoms with Gasteiger partial charge in [0.1, 0.15) is 5.56 Å². The summed E-state index contributed by atoms with van der Waals surface area (Å²) >= 11 is 5.86. The maximum absolute atomic E-state index is 12.3. The summed E-state index contributed by atoms with van der Waals surface area (Å²) in [5, 5.41) is 3.24. The van der Waals surface area contributed by atoms with Crippen molar-refractivity contribution < 1.29 is 9.59 Å². The molecule has 1 amide bonds. The summed E-state index contributed by atoms with van der Waals surface area (Å²) in [6, 6.07) is 16.6. The second-order valence-electron chi connectivity index (χ2n) is 5.71. The van der Waals surface area contributed by atoms with Crippen molar-refractivity contribution in [2.45, 2.75) is 6.92 Å². The van der Waals surface area contributed by atoms with Crippen LogP contribution in [0, 0.1) is 0 Å². The molecule has 0 saturated carbocycles. The lowest BCUT2D eigenvalue weighted by atomic mass is 10.1. The molecular weight excluding hydrogens is 352 g/mol. The fourth-order valence-corrected chi connectivity index (χ4v) is 2.56. The van der Waals surface area contributed by atoms with Crippen LogP contribution in [0.3, 0.4) is 0 Å². The second kappa shape index (κ2) is 7.37. The van der Waals surface area contributed by atoms with Gasteiger partial charge in [0.05, 0.1) is 0 Å². The standard InChI is InChI=1S/C20H15ClN2O3/c1-12(24)13-4-8-16(9-5-13)22-19(25)17-10-11-18(23-20(17)26)14-2-6-15(21)7-3-14/h2-11H,1H3,(H,22,25)(H,23,26). The van der Waals surface area contributed by atoms with Gasteiger partial charge in [0.25, 0.3) is 11.5 Å². The van der Waals surface area contributed by atoms with Crippen molar-refractivity contribution in [3.8, 4) is 11.3 Å². The first-order valence-corrected chi connectivity index (χ1v) is 8.23. The molecule has 1 aromatic heterocycles. The number of aromatic amines is 1. The predicted molar refractivity (Wildman–Crippen MR) is 102 cm³/mol. The zero-order valence-electron chi connectivity index (χ0n) is 13.9. The highest BCUT2D eigenvalue weighted by Crippen LogP contribution is 2.19. The van der Waals surface area contributed by atoms with Gasteiger partial charge in [-0.2, -0.15) is 0 Å². The number of carbonyl (C=O) groups is 2. The van der Waals surface area contributed by atoms with E-state index < -0.39 is 11.5 Å². The van der Waals surface area contributed by atoms with Crippen LogP contribution in [0.1, 0.15) is 27.6 Å². The minimum atomic E-state index is -0.524. The van der Waals surface area contributed by atoms with E-state index in [-0.39, 0.29) is 11.3 Å². The van der Waals surface area contributed by atoms with Gasteiger partial charge in [0.2, 0.25) is 0 Å². The summed E-state index contributed by atoms with van der Waals surface area (Å²) in [6.07, 6.45) is 0. The second-order valence-corrected chi connectivity index (χ2v) is 6.15. The molecule has 0 radical (unpaired) electrons. The van der Waals surface area contributed by atoms with E-state index in [1.165, 1.54) is 13.0 Å². The number of anilines is 1. The average molecular weight is 367 g/mol. The summed E-state index contributed by atoms with van der Waals surface area (Å²) in [6.45, 7) is 1.47. The number of H-pyrrole nitrogens is 1. The first kappa shape index (κ1) is 17.6. The maximum atomic E-state index is 12.3. The third kappa shape index (κ3) is 3.90. The fourth-order valence-electron chi connectivity index (χ4n) is 2.44. The molecule has 2 N–H and O–H groups in total. The number of carbonyl (C=O) groups excluding carboxylic acids is 2. The molecule has 130 valence electrons. The van der Waals surface area contributed by atoms with Gasteiger partial charge in [-0.05, 0) is 61.0 Å². The van der Waals surface area contributed by atoms with Crippen molar-refractivity contribution >= 4 is 29.0 Å². The van der Waals surface area contributed by atoms with Gasteiger partial charge in [-0.3, -0.25) is 14.4 Å². The minimum absolute atomic E-state index is 0.00152. The Kier molecular flexibility index (Phi) is 5.00. The number of amides is 1. The van der Waals surface area contributed by atoms with Crippen molar-refractivity contribution in [1.82, 2.24) is 4.98 Å². The molecule has 3 aromatic rings. The van der Waals surface area contributed by atoms with Gasteiger partial charge in [-0.25, -0.2) is 0 Å². The largest absolute Gasteiger partial charge is 0.322 e. The normalized spacial score (nSPS) is 10.4. The summed E-state index contributed by atoms with van der Waals surface area (Å²) in [7, 11) is 0. The molecule has 0 atom stereocenters. The fraction of sp³-hybridized carbons (Fsp3) is 0.0500. The third-order valence-corrected chi connectivity index (χ3v) is 4.11. The Morgan fingerprint density at radius 1 is 0.923 bits per heavy atom. The van der Waals surface area contributed by atoms with Gasteiger partial charge >= 0.3 is 0 Å². The number of hydrogen-bond acceptors (Lipinski definition) is 3. The van der Waals surface area contributed by atoms with Crippen LogP contribution in [-0.4, -0.2) is 16.7 Å². The number of aromatic nitrogens is 1. The van der Waals surface area contributed by atoms with Crippen molar-refractivity contribution in [2.75, 3.05) is 5.32 Å². The van der Waals surface area contributed by atoms with E-state index in [9.17, 15) is 14.4 Å². The Labute approximate surface area is 154 Å². The first-order valence-electron chi connectivity index (χ1n) is 7.85. The smallest absolute Gasteiger partial charge is 0.261 e. The quantitative estimate of drug-likeness (QED) is 0.681. The molecule has 0 aliphatic heterocycles. The van der Waals surface area contributed by atoms with Crippen LogP contribution in [0.4, 0.5) is 5.69 Å². The molecule has 3 rings (SSSR count). The topological polar surface area (TPSA) is 79.0 Å². The molecule has 0 spiro atoms. The molecular formula is C20H15ClN2O3. The van der Waals surface area contributed by atoms with Crippen LogP contribution in [0.15, 0.2) is 65.5 Å². The van der Waals surface area contributed by atoms with Crippen molar-refractivity contribution in [2.24, 2.45) is 0 Å². The molecule has 0 bridgehead atoms. The van der Waals surface area contributed by atoms with Crippen LogP contribution < -0.4 is 10.9 Å². The molecule has 0 unspecified atom stereocenters. The van der Waals surface area contributed by atoms with E-state index in [1.54, 1.807) is 54.6 Å². The lowest BCUT2D eigenvalue weighted by Crippen LogP contribution is -2.23. The summed E-state index contributed by atoms with van der Waals surface area (Å²) in [4.78, 5) is 38.6. The molecule has 1 heterocycles. The Morgan fingerprint density at radius 2 is 1.58 bits per heavy atom. The number of ketones is 1. The Morgan fingerprint density at radius 3 is 2.15 bits per heavy atom. The molecule has 5 nitrogen and oxygen atoms in total. The van der Waals surface area contributed by atoms with E-state index in [0.717, 1.165) is 5.56 Å². The minimum Gasteiger partial charge on any atom is -0.322 e. The summed E-state index contributed by atoms with van der Waals surface area (Å²) in [5.41, 5.74) is 1.94.